The summed E-state index contributed by atoms with van der Waals surface area (Å²) < 4.78 is 16.0. The molecule has 3 rings (SSSR count). The Kier molecular flexibility index (Phi) is 6.43. The smallest absolute Gasteiger partial charge is 0.246 e. The quantitative estimate of drug-likeness (QED) is 0.522. The van der Waals surface area contributed by atoms with Crippen LogP contribution in [0.5, 0.6) is 11.5 Å². The summed E-state index contributed by atoms with van der Waals surface area (Å²) in [5, 5.41) is 5.90. The second kappa shape index (κ2) is 9.18. The minimum Gasteiger partial charge on any atom is -0.497 e. The van der Waals surface area contributed by atoms with Gasteiger partial charge in [-0.2, -0.15) is 4.98 Å². The summed E-state index contributed by atoms with van der Waals surface area (Å²) in [6, 6.07) is 11.2. The zero-order valence-corrected chi connectivity index (χ0v) is 16.1. The molecule has 142 valence electrons. The van der Waals surface area contributed by atoms with Crippen molar-refractivity contribution in [2.45, 2.75) is 19.4 Å². The third-order valence-electron chi connectivity index (χ3n) is 3.87. The van der Waals surface area contributed by atoms with E-state index in [1.807, 2.05) is 41.8 Å². The molecule has 0 unspecified atom stereocenters. The van der Waals surface area contributed by atoms with Crippen LogP contribution >= 0.6 is 11.3 Å². The molecule has 0 aliphatic rings. The van der Waals surface area contributed by atoms with E-state index in [0.717, 1.165) is 16.4 Å². The lowest BCUT2D eigenvalue weighted by molar-refractivity contribution is -0.131. The van der Waals surface area contributed by atoms with Crippen LogP contribution in [0.3, 0.4) is 0 Å². The van der Waals surface area contributed by atoms with E-state index < -0.39 is 0 Å². The third-order valence-corrected chi connectivity index (χ3v) is 4.74. The Balaban J connectivity index is 1.40. The van der Waals surface area contributed by atoms with Crippen LogP contribution in [0.2, 0.25) is 0 Å². The molecule has 8 heteroatoms. The number of amides is 1. The summed E-state index contributed by atoms with van der Waals surface area (Å²) in [6.07, 6.45) is 1.01. The minimum atomic E-state index is 0.00389. The Morgan fingerprint density at radius 3 is 2.70 bits per heavy atom. The number of carbonyl (C=O) groups is 1. The van der Waals surface area contributed by atoms with Gasteiger partial charge in [0.05, 0.1) is 25.1 Å². The number of benzene rings is 1. The van der Waals surface area contributed by atoms with Gasteiger partial charge in [-0.25, -0.2) is 0 Å². The van der Waals surface area contributed by atoms with Gasteiger partial charge in [0, 0.05) is 13.5 Å². The van der Waals surface area contributed by atoms with Gasteiger partial charge in [0.15, 0.2) is 0 Å². The van der Waals surface area contributed by atoms with Crippen LogP contribution in [0.1, 0.15) is 18.7 Å². The highest BCUT2D eigenvalue weighted by molar-refractivity contribution is 7.13. The number of rotatable bonds is 9. The Hall–Kier alpha value is -2.87. The molecule has 0 saturated carbocycles. The summed E-state index contributed by atoms with van der Waals surface area (Å²) in [6.45, 7) is 0.755. The van der Waals surface area contributed by atoms with Gasteiger partial charge < -0.3 is 18.9 Å². The lowest BCUT2D eigenvalue weighted by atomic mass is 10.3. The van der Waals surface area contributed by atoms with Crippen molar-refractivity contribution in [3.63, 3.8) is 0 Å². The van der Waals surface area contributed by atoms with Crippen LogP contribution in [-0.2, 0) is 11.3 Å². The summed E-state index contributed by atoms with van der Waals surface area (Å²) in [5.74, 6) is 2.51. The molecule has 1 aromatic carbocycles. The molecule has 0 aliphatic carbocycles. The average molecular weight is 387 g/mol. The first-order chi connectivity index (χ1) is 13.2. The zero-order valence-electron chi connectivity index (χ0n) is 15.3. The van der Waals surface area contributed by atoms with E-state index in [9.17, 15) is 4.79 Å². The molecule has 27 heavy (non-hydrogen) atoms. The zero-order chi connectivity index (χ0) is 19.1. The van der Waals surface area contributed by atoms with Gasteiger partial charge in [0.2, 0.25) is 17.6 Å². The maximum Gasteiger partial charge on any atom is 0.246 e. The molecule has 0 N–H and O–H groups in total. The molecule has 0 atom stereocenters. The van der Waals surface area contributed by atoms with E-state index in [-0.39, 0.29) is 12.5 Å². The first-order valence-corrected chi connectivity index (χ1v) is 9.41. The maximum absolute atomic E-state index is 12.2. The van der Waals surface area contributed by atoms with Crippen molar-refractivity contribution in [2.75, 3.05) is 20.8 Å². The molecule has 7 nitrogen and oxygen atoms in total. The van der Waals surface area contributed by atoms with Crippen molar-refractivity contribution in [1.82, 2.24) is 15.0 Å². The normalized spacial score (nSPS) is 10.6. The Morgan fingerprint density at radius 1 is 1.22 bits per heavy atom. The van der Waals surface area contributed by atoms with Crippen LogP contribution in [0.25, 0.3) is 10.7 Å². The Labute approximate surface area is 161 Å². The number of aromatic nitrogens is 2. The van der Waals surface area contributed by atoms with Crippen molar-refractivity contribution >= 4 is 17.2 Å². The van der Waals surface area contributed by atoms with Crippen LogP contribution < -0.4 is 9.47 Å². The SMILES string of the molecule is COc1ccc(OCCCC(=O)N(C)Cc2nc(-c3cccs3)no2)cc1. The molecular weight excluding hydrogens is 366 g/mol. The molecule has 0 spiro atoms. The van der Waals surface area contributed by atoms with Gasteiger partial charge in [-0.3, -0.25) is 4.79 Å². The van der Waals surface area contributed by atoms with E-state index in [2.05, 4.69) is 10.1 Å². The monoisotopic (exact) mass is 387 g/mol. The highest BCUT2D eigenvalue weighted by Gasteiger charge is 2.15. The number of thiophene rings is 1. The largest absolute Gasteiger partial charge is 0.497 e. The second-order valence-corrected chi connectivity index (χ2v) is 6.81. The number of nitrogens with zero attached hydrogens (tertiary/aromatic N) is 3. The lowest BCUT2D eigenvalue weighted by Gasteiger charge is -2.14. The molecule has 0 saturated heterocycles. The van der Waals surface area contributed by atoms with Crippen molar-refractivity contribution in [1.29, 1.82) is 0 Å². The molecule has 0 bridgehead atoms. The lowest BCUT2D eigenvalue weighted by Crippen LogP contribution is -2.26. The van der Waals surface area contributed by atoms with Crippen molar-refractivity contribution < 1.29 is 18.8 Å². The fraction of sp³-hybridized carbons (Fsp3) is 0.316. The van der Waals surface area contributed by atoms with Gasteiger partial charge in [-0.15, -0.1) is 11.3 Å². The number of ether oxygens (including phenoxy) is 2. The minimum absolute atomic E-state index is 0.00389. The van der Waals surface area contributed by atoms with Crippen LogP contribution in [0.15, 0.2) is 46.3 Å². The second-order valence-electron chi connectivity index (χ2n) is 5.87. The molecule has 3 aromatic rings. The van der Waals surface area contributed by atoms with Gasteiger partial charge in [-0.1, -0.05) is 11.2 Å². The van der Waals surface area contributed by atoms with Gasteiger partial charge in [0.25, 0.3) is 0 Å². The first-order valence-electron chi connectivity index (χ1n) is 8.53. The van der Waals surface area contributed by atoms with E-state index in [1.165, 1.54) is 0 Å². The summed E-state index contributed by atoms with van der Waals surface area (Å²) in [5.41, 5.74) is 0. The Morgan fingerprint density at radius 2 is 2.00 bits per heavy atom. The van der Waals surface area contributed by atoms with Crippen molar-refractivity contribution in [3.8, 4) is 22.2 Å². The van der Waals surface area contributed by atoms with Crippen molar-refractivity contribution in [2.24, 2.45) is 0 Å². The van der Waals surface area contributed by atoms with Crippen LogP contribution in [0.4, 0.5) is 0 Å². The third kappa shape index (κ3) is 5.30. The molecule has 0 fully saturated rings. The summed E-state index contributed by atoms with van der Waals surface area (Å²) in [7, 11) is 3.34. The van der Waals surface area contributed by atoms with Crippen molar-refractivity contribution in [3.05, 3.63) is 47.7 Å². The molecule has 1 amide bonds. The van der Waals surface area contributed by atoms with E-state index in [4.69, 9.17) is 14.0 Å². The summed E-state index contributed by atoms with van der Waals surface area (Å²) in [4.78, 5) is 19.1. The Bertz CT molecular complexity index is 846. The molecule has 2 aromatic heterocycles. The van der Waals surface area contributed by atoms with Gasteiger partial charge >= 0.3 is 0 Å². The number of hydrogen-bond acceptors (Lipinski definition) is 7. The number of carbonyl (C=O) groups excluding carboxylic acids is 1. The van der Waals surface area contributed by atoms with Gasteiger partial charge in [0.1, 0.15) is 11.5 Å². The highest BCUT2D eigenvalue weighted by Crippen LogP contribution is 2.21. The molecular formula is C19H21N3O4S. The van der Waals surface area contributed by atoms with Gasteiger partial charge in [-0.05, 0) is 42.1 Å². The van der Waals surface area contributed by atoms with Crippen LogP contribution in [0, 0.1) is 0 Å². The molecule has 0 aliphatic heterocycles. The molecule has 0 radical (unpaired) electrons. The summed E-state index contributed by atoms with van der Waals surface area (Å²) >= 11 is 1.54. The highest BCUT2D eigenvalue weighted by atomic mass is 32.1. The number of hydrogen-bond donors (Lipinski definition) is 0. The topological polar surface area (TPSA) is 77.7 Å². The van der Waals surface area contributed by atoms with E-state index in [1.54, 1.807) is 30.4 Å². The number of methoxy groups -OCH3 is 1. The van der Waals surface area contributed by atoms with E-state index in [0.29, 0.717) is 31.2 Å². The maximum atomic E-state index is 12.2. The predicted octanol–water partition coefficient (Wildman–Crippen LogP) is 3.62. The standard InChI is InChI=1S/C19H21N3O4S/c1-22(13-17-20-19(21-26-17)16-5-4-12-27-16)18(23)6-3-11-25-15-9-7-14(24-2)8-10-15/h4-5,7-10,12H,3,6,11,13H2,1-2H3. The first kappa shape index (κ1) is 18.9. The fourth-order valence-corrected chi connectivity index (χ4v) is 3.04. The molecule has 2 heterocycles. The predicted molar refractivity (Wildman–Crippen MR) is 102 cm³/mol. The van der Waals surface area contributed by atoms with Crippen LogP contribution in [-0.4, -0.2) is 41.7 Å². The van der Waals surface area contributed by atoms with E-state index >= 15 is 0 Å². The average Bonchev–Trinajstić information content (AvgIpc) is 3.37. The fourth-order valence-electron chi connectivity index (χ4n) is 2.39.